The van der Waals surface area contributed by atoms with Gasteiger partial charge in [-0.25, -0.2) is 0 Å². The summed E-state index contributed by atoms with van der Waals surface area (Å²) in [6.45, 7) is 2.04. The maximum Gasteiger partial charge on any atom is 0.248 e. The summed E-state index contributed by atoms with van der Waals surface area (Å²) in [6, 6.07) is 10.0. The molecule has 2 aromatic heterocycles. The zero-order chi connectivity index (χ0) is 20.8. The highest BCUT2D eigenvalue weighted by atomic mass is 16.3. The maximum atomic E-state index is 12.4. The van der Waals surface area contributed by atoms with Crippen LogP contribution in [0.2, 0.25) is 0 Å². The molecule has 0 aliphatic carbocycles. The van der Waals surface area contributed by atoms with Gasteiger partial charge >= 0.3 is 0 Å². The largest absolute Gasteiger partial charge is 0.395 e. The van der Waals surface area contributed by atoms with Gasteiger partial charge in [-0.2, -0.15) is 5.10 Å². The Hall–Kier alpha value is -3.29. The molecule has 1 aromatic carbocycles. The molecule has 1 unspecified atom stereocenters. The van der Waals surface area contributed by atoms with Crippen LogP contribution in [0.4, 0.5) is 5.69 Å². The summed E-state index contributed by atoms with van der Waals surface area (Å²) in [7, 11) is 0. The lowest BCUT2D eigenvalue weighted by Gasteiger charge is -2.22. The number of carbonyl (C=O) groups excluding carboxylic acids is 1. The second-order valence-corrected chi connectivity index (χ2v) is 7.42. The Morgan fingerprint density at radius 3 is 2.90 bits per heavy atom. The van der Waals surface area contributed by atoms with E-state index < -0.39 is 0 Å². The lowest BCUT2D eigenvalue weighted by molar-refractivity contribution is -0.111. The molecule has 0 bridgehead atoms. The van der Waals surface area contributed by atoms with E-state index in [1.165, 1.54) is 11.6 Å². The van der Waals surface area contributed by atoms with Crippen molar-refractivity contribution in [2.45, 2.75) is 25.4 Å². The van der Waals surface area contributed by atoms with Crippen molar-refractivity contribution in [1.82, 2.24) is 20.1 Å². The summed E-state index contributed by atoms with van der Waals surface area (Å²) >= 11 is 0. The third-order valence-corrected chi connectivity index (χ3v) is 5.39. The number of benzene rings is 1. The summed E-state index contributed by atoms with van der Waals surface area (Å²) in [5, 5.41) is 19.1. The van der Waals surface area contributed by atoms with E-state index in [9.17, 15) is 9.90 Å². The normalized spacial score (nSPS) is 16.9. The molecule has 30 heavy (non-hydrogen) atoms. The number of aromatic amines is 1. The van der Waals surface area contributed by atoms with Crippen molar-refractivity contribution in [2.75, 3.05) is 18.5 Å². The molecule has 3 aromatic rings. The van der Waals surface area contributed by atoms with Gasteiger partial charge in [0.15, 0.2) is 0 Å². The molecule has 1 aliphatic heterocycles. The van der Waals surface area contributed by atoms with Crippen molar-refractivity contribution < 1.29 is 9.90 Å². The fourth-order valence-electron chi connectivity index (χ4n) is 3.79. The number of aliphatic hydroxyl groups excluding tert-OH is 1. The molecule has 3 heterocycles. The Labute approximate surface area is 175 Å². The summed E-state index contributed by atoms with van der Waals surface area (Å²) < 4.78 is 0. The van der Waals surface area contributed by atoms with Crippen LogP contribution in [0.15, 0.2) is 61.2 Å². The number of anilines is 1. The predicted octanol–water partition coefficient (Wildman–Crippen LogP) is 3.08. The molecule has 3 N–H and O–H groups in total. The summed E-state index contributed by atoms with van der Waals surface area (Å²) in [6.07, 6.45) is 12.4. The highest BCUT2D eigenvalue weighted by Gasteiger charge is 2.23. The molecule has 0 spiro atoms. The van der Waals surface area contributed by atoms with Crippen LogP contribution >= 0.6 is 0 Å². The van der Waals surface area contributed by atoms with Crippen molar-refractivity contribution in [1.29, 1.82) is 0 Å². The first kappa shape index (κ1) is 20.0. The van der Waals surface area contributed by atoms with E-state index in [0.717, 1.165) is 48.3 Å². The van der Waals surface area contributed by atoms with Crippen molar-refractivity contribution in [3.8, 4) is 11.1 Å². The molecule has 1 fully saturated rings. The predicted molar refractivity (Wildman–Crippen MR) is 116 cm³/mol. The van der Waals surface area contributed by atoms with E-state index in [2.05, 4.69) is 25.4 Å². The first-order valence-electron chi connectivity index (χ1n) is 10.1. The minimum atomic E-state index is -0.204. The molecule has 7 nitrogen and oxygen atoms in total. The molecule has 1 aliphatic rings. The topological polar surface area (TPSA) is 94.1 Å². The van der Waals surface area contributed by atoms with Gasteiger partial charge in [0.2, 0.25) is 5.91 Å². The number of aliphatic hydroxyl groups is 1. The first-order valence-corrected chi connectivity index (χ1v) is 10.1. The Morgan fingerprint density at radius 1 is 1.27 bits per heavy atom. The minimum Gasteiger partial charge on any atom is -0.395 e. The van der Waals surface area contributed by atoms with Crippen LogP contribution in [-0.4, -0.2) is 50.3 Å². The van der Waals surface area contributed by atoms with E-state index in [1.54, 1.807) is 30.9 Å². The number of nitrogens with zero attached hydrogens (tertiary/aromatic N) is 3. The molecule has 154 valence electrons. The lowest BCUT2D eigenvalue weighted by atomic mass is 10.0. The smallest absolute Gasteiger partial charge is 0.248 e. The number of rotatable bonds is 7. The molecular weight excluding hydrogens is 378 g/mol. The van der Waals surface area contributed by atoms with Crippen molar-refractivity contribution in [2.24, 2.45) is 0 Å². The van der Waals surface area contributed by atoms with Crippen LogP contribution in [-0.2, 0) is 11.3 Å². The zero-order valence-electron chi connectivity index (χ0n) is 16.7. The Kier molecular flexibility index (Phi) is 6.32. The molecule has 0 radical (unpaired) electrons. The molecule has 4 rings (SSSR count). The molecule has 0 saturated carbocycles. The van der Waals surface area contributed by atoms with Crippen LogP contribution in [0.3, 0.4) is 0 Å². The number of hydrogen-bond donors (Lipinski definition) is 3. The van der Waals surface area contributed by atoms with Crippen LogP contribution in [0.25, 0.3) is 17.2 Å². The van der Waals surface area contributed by atoms with Crippen LogP contribution in [0.1, 0.15) is 24.0 Å². The fourth-order valence-corrected chi connectivity index (χ4v) is 3.79. The van der Waals surface area contributed by atoms with Crippen molar-refractivity contribution in [3.63, 3.8) is 0 Å². The SMILES string of the molecule is O=C(/C=C/c1cnccc1-c1cn[nH]c1)Nc1ccc(CN2CCCC2CO)cc1. The number of aromatic nitrogens is 3. The van der Waals surface area contributed by atoms with E-state index in [1.807, 2.05) is 30.3 Å². The van der Waals surface area contributed by atoms with Gasteiger partial charge < -0.3 is 10.4 Å². The highest BCUT2D eigenvalue weighted by Crippen LogP contribution is 2.23. The molecular formula is C23H25N5O2. The zero-order valence-corrected chi connectivity index (χ0v) is 16.7. The average Bonchev–Trinajstić information content (AvgIpc) is 3.46. The van der Waals surface area contributed by atoms with Crippen LogP contribution < -0.4 is 5.32 Å². The van der Waals surface area contributed by atoms with E-state index in [4.69, 9.17) is 0 Å². The fraction of sp³-hybridized carbons (Fsp3) is 0.261. The van der Waals surface area contributed by atoms with E-state index in [0.29, 0.717) is 0 Å². The Balaban J connectivity index is 1.37. The van der Waals surface area contributed by atoms with Gasteiger partial charge in [0.05, 0.1) is 12.8 Å². The minimum absolute atomic E-state index is 0.204. The average molecular weight is 403 g/mol. The van der Waals surface area contributed by atoms with Gasteiger partial charge in [-0.05, 0) is 54.8 Å². The van der Waals surface area contributed by atoms with Gasteiger partial charge in [-0.3, -0.25) is 19.8 Å². The number of likely N-dealkylation sites (tertiary alicyclic amines) is 1. The van der Waals surface area contributed by atoms with Gasteiger partial charge in [0.1, 0.15) is 0 Å². The van der Waals surface area contributed by atoms with E-state index >= 15 is 0 Å². The second kappa shape index (κ2) is 9.47. The standard InChI is InChI=1S/C23H25N5O2/c29-16-21-2-1-11-28(21)15-17-3-6-20(7-4-17)27-23(30)8-5-18-12-24-10-9-22(18)19-13-25-26-14-19/h3-10,12-14,21,29H,1-2,11,15-16H2,(H,25,26)(H,27,30)/b8-5+. The van der Waals surface area contributed by atoms with Gasteiger partial charge in [0.25, 0.3) is 0 Å². The summed E-state index contributed by atoms with van der Waals surface area (Å²) in [4.78, 5) is 18.8. The van der Waals surface area contributed by atoms with Crippen LogP contribution in [0, 0.1) is 0 Å². The highest BCUT2D eigenvalue weighted by molar-refractivity contribution is 6.02. The Bertz CT molecular complexity index is 999. The van der Waals surface area contributed by atoms with Gasteiger partial charge in [0, 0.05) is 54.1 Å². The monoisotopic (exact) mass is 403 g/mol. The Morgan fingerprint density at radius 2 is 2.13 bits per heavy atom. The molecule has 1 amide bonds. The third-order valence-electron chi connectivity index (χ3n) is 5.39. The number of pyridine rings is 1. The number of nitrogens with one attached hydrogen (secondary N) is 2. The van der Waals surface area contributed by atoms with Crippen molar-refractivity contribution in [3.05, 3.63) is 72.3 Å². The lowest BCUT2D eigenvalue weighted by Crippen LogP contribution is -2.31. The van der Waals surface area contributed by atoms with E-state index in [-0.39, 0.29) is 18.6 Å². The van der Waals surface area contributed by atoms with Crippen LogP contribution in [0.5, 0.6) is 0 Å². The second-order valence-electron chi connectivity index (χ2n) is 7.42. The van der Waals surface area contributed by atoms with Gasteiger partial charge in [-0.1, -0.05) is 12.1 Å². The van der Waals surface area contributed by atoms with Crippen molar-refractivity contribution >= 4 is 17.7 Å². The number of amides is 1. The summed E-state index contributed by atoms with van der Waals surface area (Å²) in [5.74, 6) is -0.204. The molecule has 7 heteroatoms. The summed E-state index contributed by atoms with van der Waals surface area (Å²) in [5.41, 5.74) is 4.65. The number of carbonyl (C=O) groups is 1. The molecule has 1 saturated heterocycles. The third kappa shape index (κ3) is 4.82. The first-order chi connectivity index (χ1) is 14.7. The number of H-pyrrole nitrogens is 1. The maximum absolute atomic E-state index is 12.4. The van der Waals surface area contributed by atoms with Gasteiger partial charge in [-0.15, -0.1) is 0 Å². The number of hydrogen-bond acceptors (Lipinski definition) is 5. The molecule has 1 atom stereocenters. The quantitative estimate of drug-likeness (QED) is 0.527.